The number of carboxylic acids is 1. The van der Waals surface area contributed by atoms with Gasteiger partial charge in [-0.25, -0.2) is 0 Å². The summed E-state index contributed by atoms with van der Waals surface area (Å²) in [5, 5.41) is 14.4. The Balaban J connectivity index is 0.000000254. The zero-order valence-electron chi connectivity index (χ0n) is 29.2. The number of carbonyl (C=O) groups excluding carboxylic acids is 2. The molecule has 49 heavy (non-hydrogen) atoms. The molecule has 0 aliphatic carbocycles. The molecular formula is C39H44Br2N2O6. The van der Waals surface area contributed by atoms with E-state index in [1.807, 2.05) is 70.2 Å². The molecule has 0 saturated carbocycles. The molecule has 0 radical (unpaired) electrons. The van der Waals surface area contributed by atoms with Gasteiger partial charge in [0.15, 0.2) is 5.76 Å². The second-order valence-electron chi connectivity index (χ2n) is 13.3. The van der Waals surface area contributed by atoms with Gasteiger partial charge in [0, 0.05) is 61.1 Å². The first-order chi connectivity index (χ1) is 23.0. The van der Waals surface area contributed by atoms with Gasteiger partial charge in [0.25, 0.3) is 5.91 Å². The number of rotatable bonds is 11. The minimum absolute atomic E-state index is 0.0361. The van der Waals surface area contributed by atoms with Gasteiger partial charge in [-0.05, 0) is 86.8 Å². The van der Waals surface area contributed by atoms with E-state index in [1.54, 1.807) is 19.2 Å². The summed E-state index contributed by atoms with van der Waals surface area (Å²) >= 11 is 6.96. The van der Waals surface area contributed by atoms with E-state index in [0.29, 0.717) is 11.3 Å². The molecule has 2 aromatic heterocycles. The molecule has 2 N–H and O–H groups in total. The van der Waals surface area contributed by atoms with Crippen LogP contribution in [0.15, 0.2) is 78.4 Å². The number of carboxylic acid groups (broad SMARTS) is 1. The molecule has 3 aromatic carbocycles. The average molecular weight is 797 g/mol. The fourth-order valence-electron chi connectivity index (χ4n) is 5.40. The number of anilines is 1. The fraction of sp³-hybridized carbons (Fsp3) is 0.359. The van der Waals surface area contributed by atoms with E-state index < -0.39 is 5.97 Å². The minimum atomic E-state index is -0.924. The topological polar surface area (TPSA) is 113 Å². The van der Waals surface area contributed by atoms with Gasteiger partial charge in [0.1, 0.15) is 16.9 Å². The average Bonchev–Trinajstić information content (AvgIpc) is 3.57. The van der Waals surface area contributed by atoms with E-state index >= 15 is 0 Å². The van der Waals surface area contributed by atoms with Crippen molar-refractivity contribution in [2.24, 2.45) is 11.3 Å². The van der Waals surface area contributed by atoms with Crippen LogP contribution in [-0.2, 0) is 4.79 Å². The van der Waals surface area contributed by atoms with E-state index in [9.17, 15) is 14.4 Å². The van der Waals surface area contributed by atoms with Crippen LogP contribution in [0.5, 0.6) is 0 Å². The first-order valence-corrected chi connectivity index (χ1v) is 17.9. The van der Waals surface area contributed by atoms with Crippen LogP contribution < -0.4 is 5.32 Å². The second-order valence-corrected chi connectivity index (χ2v) is 15.1. The SMILES string of the molecule is CCC(C)(C)C(=O)c1oc2ccc(Br)cc2c1C.Cc1c(C(Nc2ccc(C(=O)N(C)CCC(=O)O)cc2)C(C)C)oc2ccc(Br)cc12. The Labute approximate surface area is 304 Å². The highest BCUT2D eigenvalue weighted by Gasteiger charge is 2.31. The van der Waals surface area contributed by atoms with Crippen molar-refractivity contribution in [2.45, 2.75) is 67.3 Å². The quantitative estimate of drug-likeness (QED) is 0.128. The number of Topliss-reactive ketones (excluding diaryl/α,β-unsaturated/α-hetero) is 1. The van der Waals surface area contributed by atoms with Gasteiger partial charge in [0.05, 0.1) is 12.5 Å². The summed E-state index contributed by atoms with van der Waals surface area (Å²) in [5.41, 5.74) is 4.68. The maximum atomic E-state index is 12.5. The Hall–Kier alpha value is -3.89. The number of carbonyl (C=O) groups is 3. The maximum absolute atomic E-state index is 12.5. The van der Waals surface area contributed by atoms with E-state index in [1.165, 1.54) is 4.90 Å². The van der Waals surface area contributed by atoms with Gasteiger partial charge in [-0.1, -0.05) is 66.5 Å². The van der Waals surface area contributed by atoms with Crippen LogP contribution in [0.3, 0.4) is 0 Å². The molecule has 0 fully saturated rings. The van der Waals surface area contributed by atoms with Crippen molar-refractivity contribution >= 4 is 77.1 Å². The zero-order chi connectivity index (χ0) is 36.2. The third-order valence-electron chi connectivity index (χ3n) is 8.95. The van der Waals surface area contributed by atoms with Crippen molar-refractivity contribution in [3.05, 3.63) is 97.8 Å². The molecule has 5 rings (SSSR count). The Morgan fingerprint density at radius 2 is 1.43 bits per heavy atom. The summed E-state index contributed by atoms with van der Waals surface area (Å²) in [6.07, 6.45) is 0.720. The van der Waals surface area contributed by atoms with Crippen LogP contribution in [0.2, 0.25) is 0 Å². The van der Waals surface area contributed by atoms with Crippen LogP contribution >= 0.6 is 31.9 Å². The Bertz CT molecular complexity index is 1970. The van der Waals surface area contributed by atoms with Crippen molar-refractivity contribution in [3.8, 4) is 0 Å². The van der Waals surface area contributed by atoms with Crippen molar-refractivity contribution in [3.63, 3.8) is 0 Å². The molecule has 0 bridgehead atoms. The summed E-state index contributed by atoms with van der Waals surface area (Å²) in [7, 11) is 1.61. The number of nitrogens with zero attached hydrogens (tertiary/aromatic N) is 1. The standard InChI is InChI=1S/C24H27BrN2O4.C15H17BrO2/c1-14(2)22(23-15(3)19-13-17(25)7-10-20(19)31-23)26-18-8-5-16(6-9-18)24(30)27(4)12-11-21(28)29;1-5-15(3,4)14(17)13-9(2)11-8-10(16)6-7-12(11)18-13/h5-10,13-14,22,26H,11-12H2,1-4H3,(H,28,29);6-8H,5H2,1-4H3. The van der Waals surface area contributed by atoms with Crippen LogP contribution in [0, 0.1) is 25.2 Å². The van der Waals surface area contributed by atoms with Gasteiger partial charge in [-0.15, -0.1) is 0 Å². The van der Waals surface area contributed by atoms with Crippen LogP contribution in [0.25, 0.3) is 21.9 Å². The first-order valence-electron chi connectivity index (χ1n) is 16.3. The highest BCUT2D eigenvalue weighted by Crippen LogP contribution is 2.36. The molecule has 5 aromatic rings. The number of fused-ring (bicyclic) bond motifs is 2. The third-order valence-corrected chi connectivity index (χ3v) is 9.94. The molecule has 1 atom stereocenters. The molecule has 0 aliphatic rings. The molecule has 8 nitrogen and oxygen atoms in total. The molecular weight excluding hydrogens is 752 g/mol. The number of hydrogen-bond acceptors (Lipinski definition) is 6. The number of aliphatic carboxylic acids is 1. The van der Waals surface area contributed by atoms with Crippen molar-refractivity contribution in [2.75, 3.05) is 18.9 Å². The predicted molar refractivity (Wildman–Crippen MR) is 203 cm³/mol. The van der Waals surface area contributed by atoms with Gasteiger partial charge in [0.2, 0.25) is 5.78 Å². The minimum Gasteiger partial charge on any atom is -0.481 e. The molecule has 0 saturated heterocycles. The number of furan rings is 2. The van der Waals surface area contributed by atoms with Gasteiger partial charge in [-0.3, -0.25) is 14.4 Å². The van der Waals surface area contributed by atoms with Crippen molar-refractivity contribution in [1.82, 2.24) is 4.90 Å². The van der Waals surface area contributed by atoms with E-state index in [2.05, 4.69) is 64.0 Å². The third kappa shape index (κ3) is 8.83. The number of benzene rings is 3. The molecule has 260 valence electrons. The largest absolute Gasteiger partial charge is 0.481 e. The normalized spacial score (nSPS) is 12.1. The van der Waals surface area contributed by atoms with Gasteiger partial charge < -0.3 is 24.2 Å². The number of halogens is 2. The smallest absolute Gasteiger partial charge is 0.305 e. The van der Waals surface area contributed by atoms with Crippen LogP contribution in [0.1, 0.15) is 91.3 Å². The summed E-state index contributed by atoms with van der Waals surface area (Å²) in [4.78, 5) is 37.1. The summed E-state index contributed by atoms with van der Waals surface area (Å²) in [6.45, 7) is 14.4. The lowest BCUT2D eigenvalue weighted by Gasteiger charge is -2.23. The first kappa shape index (κ1) is 37.9. The lowest BCUT2D eigenvalue weighted by Crippen LogP contribution is -2.29. The highest BCUT2D eigenvalue weighted by atomic mass is 79.9. The zero-order valence-corrected chi connectivity index (χ0v) is 32.4. The van der Waals surface area contributed by atoms with Crippen LogP contribution in [-0.4, -0.2) is 41.3 Å². The molecule has 1 unspecified atom stereocenters. The fourth-order valence-corrected chi connectivity index (χ4v) is 6.12. The van der Waals surface area contributed by atoms with Crippen molar-refractivity contribution in [1.29, 1.82) is 0 Å². The predicted octanol–water partition coefficient (Wildman–Crippen LogP) is 11.0. The Kier molecular flexibility index (Phi) is 12.2. The lowest BCUT2D eigenvalue weighted by atomic mass is 9.83. The molecule has 0 spiro atoms. The van der Waals surface area contributed by atoms with E-state index in [4.69, 9.17) is 13.9 Å². The monoisotopic (exact) mass is 794 g/mol. The summed E-state index contributed by atoms with van der Waals surface area (Å²) in [6, 6.07) is 19.0. The number of hydrogen-bond donors (Lipinski definition) is 2. The molecule has 10 heteroatoms. The highest BCUT2D eigenvalue weighted by molar-refractivity contribution is 9.10. The van der Waals surface area contributed by atoms with Crippen molar-refractivity contribution < 1.29 is 28.3 Å². The van der Waals surface area contributed by atoms with Gasteiger partial charge in [-0.2, -0.15) is 0 Å². The number of aryl methyl sites for hydroxylation is 2. The van der Waals surface area contributed by atoms with E-state index in [0.717, 1.165) is 59.9 Å². The number of nitrogens with one attached hydrogen (secondary N) is 1. The molecule has 2 heterocycles. The van der Waals surface area contributed by atoms with Gasteiger partial charge >= 0.3 is 5.97 Å². The molecule has 0 aliphatic heterocycles. The maximum Gasteiger partial charge on any atom is 0.305 e. The lowest BCUT2D eigenvalue weighted by molar-refractivity contribution is -0.137. The molecule has 1 amide bonds. The summed E-state index contributed by atoms with van der Waals surface area (Å²) in [5.74, 6) is 0.617. The van der Waals surface area contributed by atoms with Crippen LogP contribution in [0.4, 0.5) is 5.69 Å². The number of amides is 1. The Morgan fingerprint density at radius 1 is 0.878 bits per heavy atom. The second kappa shape index (κ2) is 15.8. The number of ketones is 1. The van der Waals surface area contributed by atoms with E-state index in [-0.39, 0.29) is 42.0 Å². The summed E-state index contributed by atoms with van der Waals surface area (Å²) < 4.78 is 13.9. The Morgan fingerprint density at radius 3 is 1.96 bits per heavy atom.